The maximum absolute atomic E-state index is 13.3. The molecule has 0 unspecified atom stereocenters. The van der Waals surface area contributed by atoms with Crippen molar-refractivity contribution in [3.63, 3.8) is 0 Å². The third-order valence-corrected chi connectivity index (χ3v) is 6.88. The van der Waals surface area contributed by atoms with Gasteiger partial charge in [0, 0.05) is 29.9 Å². The van der Waals surface area contributed by atoms with Gasteiger partial charge in [-0.2, -0.15) is 0 Å². The van der Waals surface area contributed by atoms with E-state index in [9.17, 15) is 13.2 Å². The summed E-state index contributed by atoms with van der Waals surface area (Å²) in [6.07, 6.45) is 8.52. The molecular weight excluding hydrogens is 406 g/mol. The first kappa shape index (κ1) is 25.0. The van der Waals surface area contributed by atoms with Gasteiger partial charge in [0.05, 0.1) is 14.8 Å². The number of nitrogens with zero attached hydrogens (tertiary/aromatic N) is 1. The predicted octanol–water partition coefficient (Wildman–Crippen LogP) is 4.44. The van der Waals surface area contributed by atoms with Crippen LogP contribution in [0.2, 0.25) is 0 Å². The second-order valence-corrected chi connectivity index (χ2v) is 10.2. The Hall–Kier alpha value is -2.03. The molecule has 6 nitrogen and oxygen atoms in total. The van der Waals surface area contributed by atoms with Gasteiger partial charge in [-0.3, -0.25) is 4.79 Å². The minimum Gasteiger partial charge on any atom is -0.327 e. The monoisotopic (exact) mass is 437 g/mol. The van der Waals surface area contributed by atoms with Crippen LogP contribution in [0.15, 0.2) is 48.2 Å². The third-order valence-electron chi connectivity index (χ3n) is 4.14. The summed E-state index contributed by atoms with van der Waals surface area (Å²) in [6.45, 7) is 16.5. The van der Waals surface area contributed by atoms with Crippen LogP contribution in [0.4, 0.5) is 0 Å². The van der Waals surface area contributed by atoms with Gasteiger partial charge < -0.3 is 5.32 Å². The van der Waals surface area contributed by atoms with Gasteiger partial charge in [-0.1, -0.05) is 25.7 Å². The fourth-order valence-electron chi connectivity index (χ4n) is 2.29. The van der Waals surface area contributed by atoms with Gasteiger partial charge >= 0.3 is 0 Å². The molecule has 0 aromatic carbocycles. The molecule has 8 heteroatoms. The molecule has 0 saturated carbocycles. The van der Waals surface area contributed by atoms with E-state index in [4.69, 9.17) is 0 Å². The number of hydrogen-bond acceptors (Lipinski definition) is 5. The highest BCUT2D eigenvalue weighted by Crippen LogP contribution is 2.31. The zero-order valence-corrected chi connectivity index (χ0v) is 19.5. The van der Waals surface area contributed by atoms with Crippen LogP contribution >= 0.6 is 11.3 Å². The minimum atomic E-state index is -3.91. The standard InChI is InChI=1S/C21H31N3O3S2/c1-8-10-11-12-18(23-16(4)25)13-20(15(3)19-14-22-17(5)28-19)29(26,27)24-21(6,7)9-2/h8,12-14,24H,1,3,9-11H2,2,4-7H3,(H,23,25)/b18-12+,20-13+. The molecule has 0 bridgehead atoms. The molecule has 0 atom stereocenters. The van der Waals surface area contributed by atoms with E-state index in [2.05, 4.69) is 28.2 Å². The predicted molar refractivity (Wildman–Crippen MR) is 122 cm³/mol. The number of amides is 1. The van der Waals surface area contributed by atoms with Crippen LogP contribution in [0.3, 0.4) is 0 Å². The Bertz CT molecular complexity index is 923. The van der Waals surface area contributed by atoms with Crippen molar-refractivity contribution >= 4 is 32.8 Å². The van der Waals surface area contributed by atoms with E-state index in [-0.39, 0.29) is 10.8 Å². The highest BCUT2D eigenvalue weighted by atomic mass is 32.2. The van der Waals surface area contributed by atoms with E-state index >= 15 is 0 Å². The highest BCUT2D eigenvalue weighted by Gasteiger charge is 2.29. The highest BCUT2D eigenvalue weighted by molar-refractivity contribution is 7.94. The number of aromatic nitrogens is 1. The van der Waals surface area contributed by atoms with Gasteiger partial charge in [0.15, 0.2) is 0 Å². The number of hydrogen-bond donors (Lipinski definition) is 2. The van der Waals surface area contributed by atoms with Crippen molar-refractivity contribution in [2.45, 2.75) is 59.4 Å². The maximum Gasteiger partial charge on any atom is 0.241 e. The summed E-state index contributed by atoms with van der Waals surface area (Å²) in [5.74, 6) is -0.288. The van der Waals surface area contributed by atoms with Gasteiger partial charge in [0.25, 0.3) is 0 Å². The van der Waals surface area contributed by atoms with Crippen LogP contribution in [-0.4, -0.2) is 24.8 Å². The Kier molecular flexibility index (Phi) is 9.19. The number of unbranched alkanes of at least 4 members (excludes halogenated alkanes) is 1. The number of nitrogens with one attached hydrogen (secondary N) is 2. The number of allylic oxidation sites excluding steroid dienone is 4. The second kappa shape index (κ2) is 10.7. The molecule has 0 saturated heterocycles. The van der Waals surface area contributed by atoms with Crippen LogP contribution in [0, 0.1) is 6.92 Å². The normalized spacial score (nSPS) is 13.3. The van der Waals surface area contributed by atoms with Crippen molar-refractivity contribution in [1.82, 2.24) is 15.0 Å². The van der Waals surface area contributed by atoms with Crippen LogP contribution in [0.1, 0.15) is 56.8 Å². The Labute approximate surface area is 178 Å². The lowest BCUT2D eigenvalue weighted by Gasteiger charge is -2.25. The number of carbonyl (C=O) groups is 1. The van der Waals surface area contributed by atoms with Crippen molar-refractivity contribution in [2.75, 3.05) is 0 Å². The first-order valence-electron chi connectivity index (χ1n) is 9.38. The van der Waals surface area contributed by atoms with E-state index in [1.807, 2.05) is 27.7 Å². The summed E-state index contributed by atoms with van der Waals surface area (Å²) >= 11 is 1.36. The number of thiazole rings is 1. The molecule has 0 aliphatic heterocycles. The SMILES string of the molecule is C=CCC/C=C(\C=C(/C(=C)c1cnc(C)s1)S(=O)(=O)NC(C)(C)CC)NC(C)=O. The molecule has 1 heterocycles. The van der Waals surface area contributed by atoms with Crippen LogP contribution in [0.5, 0.6) is 0 Å². The van der Waals surface area contributed by atoms with Gasteiger partial charge in [0.1, 0.15) is 0 Å². The molecule has 0 radical (unpaired) electrons. The summed E-state index contributed by atoms with van der Waals surface area (Å²) in [4.78, 5) is 16.5. The molecule has 160 valence electrons. The Morgan fingerprint density at radius 2 is 2.00 bits per heavy atom. The topological polar surface area (TPSA) is 88.2 Å². The van der Waals surface area contributed by atoms with Crippen molar-refractivity contribution in [2.24, 2.45) is 0 Å². The van der Waals surface area contributed by atoms with E-state index in [0.717, 1.165) is 5.01 Å². The number of sulfonamides is 1. The first-order chi connectivity index (χ1) is 13.4. The fourth-order valence-corrected chi connectivity index (χ4v) is 4.81. The Morgan fingerprint density at radius 1 is 1.34 bits per heavy atom. The summed E-state index contributed by atoms with van der Waals surface area (Å²) in [6, 6.07) is 0. The van der Waals surface area contributed by atoms with Crippen molar-refractivity contribution in [3.05, 3.63) is 58.1 Å². The third kappa shape index (κ3) is 8.08. The van der Waals surface area contributed by atoms with Crippen molar-refractivity contribution in [3.8, 4) is 0 Å². The number of carbonyl (C=O) groups excluding carboxylic acids is 1. The lowest BCUT2D eigenvalue weighted by molar-refractivity contribution is -0.118. The van der Waals surface area contributed by atoms with Crippen LogP contribution in [-0.2, 0) is 14.8 Å². The van der Waals surface area contributed by atoms with Gasteiger partial charge in [0.2, 0.25) is 15.9 Å². The van der Waals surface area contributed by atoms with E-state index in [0.29, 0.717) is 35.4 Å². The van der Waals surface area contributed by atoms with Crippen LogP contribution < -0.4 is 10.0 Å². The molecule has 1 amide bonds. The van der Waals surface area contributed by atoms with E-state index in [1.54, 1.807) is 18.3 Å². The molecule has 1 rings (SSSR count). The molecule has 1 aromatic rings. The van der Waals surface area contributed by atoms with Gasteiger partial charge in [-0.05, 0) is 46.1 Å². The molecular formula is C21H31N3O3S2. The minimum absolute atomic E-state index is 0.00118. The quantitative estimate of drug-likeness (QED) is 0.304. The summed E-state index contributed by atoms with van der Waals surface area (Å²) < 4.78 is 29.3. The average Bonchev–Trinajstić information content (AvgIpc) is 3.04. The smallest absolute Gasteiger partial charge is 0.241 e. The zero-order chi connectivity index (χ0) is 22.2. The Morgan fingerprint density at radius 3 is 2.48 bits per heavy atom. The summed E-state index contributed by atoms with van der Waals surface area (Å²) in [7, 11) is -3.91. The molecule has 29 heavy (non-hydrogen) atoms. The number of aryl methyl sites for hydroxylation is 1. The first-order valence-corrected chi connectivity index (χ1v) is 11.7. The molecule has 0 aliphatic rings. The van der Waals surface area contributed by atoms with Crippen molar-refractivity contribution < 1.29 is 13.2 Å². The van der Waals surface area contributed by atoms with E-state index in [1.165, 1.54) is 24.3 Å². The molecule has 0 fully saturated rings. The largest absolute Gasteiger partial charge is 0.327 e. The number of rotatable bonds is 11. The Balaban J connectivity index is 3.53. The van der Waals surface area contributed by atoms with Gasteiger partial charge in [-0.15, -0.1) is 17.9 Å². The molecule has 0 aliphatic carbocycles. The summed E-state index contributed by atoms with van der Waals surface area (Å²) in [5, 5.41) is 3.50. The second-order valence-electron chi connectivity index (χ2n) is 7.28. The van der Waals surface area contributed by atoms with Crippen molar-refractivity contribution in [1.29, 1.82) is 0 Å². The lowest BCUT2D eigenvalue weighted by atomic mass is 10.0. The van der Waals surface area contributed by atoms with Gasteiger partial charge in [-0.25, -0.2) is 18.1 Å². The summed E-state index contributed by atoms with van der Waals surface area (Å²) in [5.41, 5.74) is 0.0918. The lowest BCUT2D eigenvalue weighted by Crippen LogP contribution is -2.43. The molecule has 2 N–H and O–H groups in total. The fraction of sp³-hybridized carbons (Fsp3) is 0.429. The molecule has 1 aromatic heterocycles. The van der Waals surface area contributed by atoms with E-state index < -0.39 is 15.6 Å². The maximum atomic E-state index is 13.3. The van der Waals surface area contributed by atoms with Crippen LogP contribution in [0.25, 0.3) is 5.57 Å². The molecule has 0 spiro atoms. The average molecular weight is 438 g/mol. The zero-order valence-electron chi connectivity index (χ0n) is 17.8.